The molecule has 0 radical (unpaired) electrons. The largest absolute Gasteiger partial charge is 0.471 e. The molecule has 1 rings (SSSR count). The molecule has 8 heteroatoms. The second-order valence-electron chi connectivity index (χ2n) is 4.67. The average molecular weight is 255 g/mol. The standard InChI is InChI=1S/C10H17N5O3/c1-10(2,14(3)4)6-18-8-7(15(16)17)5-12-9(11)13-8/h5H,6H2,1-4H3,(H2,11,12,13). The minimum atomic E-state index is -0.600. The number of aromatic nitrogens is 2. The Morgan fingerprint density at radius 1 is 1.56 bits per heavy atom. The van der Waals surface area contributed by atoms with E-state index < -0.39 is 4.92 Å². The Labute approximate surface area is 105 Å². The molecule has 0 aromatic carbocycles. The molecule has 1 aromatic rings. The number of nitrogens with zero attached hydrogens (tertiary/aromatic N) is 4. The Balaban J connectivity index is 2.90. The van der Waals surface area contributed by atoms with E-state index in [0.29, 0.717) is 0 Å². The summed E-state index contributed by atoms with van der Waals surface area (Å²) < 4.78 is 5.39. The van der Waals surface area contributed by atoms with Crippen molar-refractivity contribution >= 4 is 11.6 Å². The van der Waals surface area contributed by atoms with Gasteiger partial charge in [0, 0.05) is 5.54 Å². The quantitative estimate of drug-likeness (QED) is 0.609. The van der Waals surface area contributed by atoms with Crippen LogP contribution in [-0.4, -0.2) is 46.0 Å². The first-order valence-electron chi connectivity index (χ1n) is 5.31. The van der Waals surface area contributed by atoms with Crippen LogP contribution < -0.4 is 10.5 Å². The second kappa shape index (κ2) is 5.13. The molecule has 0 saturated carbocycles. The molecule has 0 aliphatic heterocycles. The van der Waals surface area contributed by atoms with Crippen LogP contribution in [-0.2, 0) is 0 Å². The first kappa shape index (κ1) is 14.1. The topological polar surface area (TPSA) is 107 Å². The maximum Gasteiger partial charge on any atom is 0.349 e. The van der Waals surface area contributed by atoms with Gasteiger partial charge in [-0.25, -0.2) is 4.98 Å². The summed E-state index contributed by atoms with van der Waals surface area (Å²) in [5.41, 5.74) is 4.81. The second-order valence-corrected chi connectivity index (χ2v) is 4.67. The van der Waals surface area contributed by atoms with Crippen molar-refractivity contribution in [3.8, 4) is 5.88 Å². The Kier molecular flexibility index (Phi) is 4.02. The van der Waals surface area contributed by atoms with Crippen molar-refractivity contribution in [3.63, 3.8) is 0 Å². The summed E-state index contributed by atoms with van der Waals surface area (Å²) in [6.07, 6.45) is 1.04. The van der Waals surface area contributed by atoms with Crippen LogP contribution >= 0.6 is 0 Å². The lowest BCUT2D eigenvalue weighted by atomic mass is 10.1. The highest BCUT2D eigenvalue weighted by Gasteiger charge is 2.25. The van der Waals surface area contributed by atoms with Crippen molar-refractivity contribution in [1.82, 2.24) is 14.9 Å². The van der Waals surface area contributed by atoms with Crippen LogP contribution in [0.5, 0.6) is 5.88 Å². The molecular weight excluding hydrogens is 238 g/mol. The normalized spacial score (nSPS) is 11.6. The van der Waals surface area contributed by atoms with Crippen LogP contribution in [0.4, 0.5) is 11.6 Å². The first-order chi connectivity index (χ1) is 8.24. The molecule has 0 aliphatic rings. The van der Waals surface area contributed by atoms with Gasteiger partial charge in [-0.15, -0.1) is 0 Å². The van der Waals surface area contributed by atoms with Crippen molar-refractivity contribution in [2.45, 2.75) is 19.4 Å². The highest BCUT2D eigenvalue weighted by atomic mass is 16.6. The minimum Gasteiger partial charge on any atom is -0.471 e. The SMILES string of the molecule is CN(C)C(C)(C)COc1nc(N)ncc1[N+](=O)[O-]. The number of likely N-dealkylation sites (N-methyl/N-ethyl adjacent to an activating group) is 1. The van der Waals surface area contributed by atoms with E-state index in [1.54, 1.807) is 0 Å². The fourth-order valence-electron chi connectivity index (χ4n) is 0.978. The smallest absolute Gasteiger partial charge is 0.349 e. The number of nitrogen functional groups attached to an aromatic ring is 1. The Hall–Kier alpha value is -1.96. The molecule has 0 fully saturated rings. The molecule has 2 N–H and O–H groups in total. The number of hydrogen-bond donors (Lipinski definition) is 1. The third-order valence-corrected chi connectivity index (χ3v) is 2.72. The third-order valence-electron chi connectivity index (χ3n) is 2.72. The molecule has 0 atom stereocenters. The molecule has 0 unspecified atom stereocenters. The maximum absolute atomic E-state index is 10.8. The molecule has 0 saturated heterocycles. The highest BCUT2D eigenvalue weighted by Crippen LogP contribution is 2.25. The van der Waals surface area contributed by atoms with Gasteiger partial charge in [-0.1, -0.05) is 0 Å². The lowest BCUT2D eigenvalue weighted by Crippen LogP contribution is -2.43. The summed E-state index contributed by atoms with van der Waals surface area (Å²) >= 11 is 0. The van der Waals surface area contributed by atoms with Crippen LogP contribution in [0.15, 0.2) is 6.20 Å². The predicted octanol–water partition coefficient (Wildman–Crippen LogP) is 0.686. The van der Waals surface area contributed by atoms with Crippen molar-refractivity contribution < 1.29 is 9.66 Å². The van der Waals surface area contributed by atoms with Crippen LogP contribution in [0.3, 0.4) is 0 Å². The summed E-state index contributed by atoms with van der Waals surface area (Å²) in [5.74, 6) is -0.166. The van der Waals surface area contributed by atoms with Gasteiger partial charge in [-0.3, -0.25) is 10.1 Å². The zero-order valence-corrected chi connectivity index (χ0v) is 10.9. The average Bonchev–Trinajstić information content (AvgIpc) is 2.26. The van der Waals surface area contributed by atoms with Crippen molar-refractivity contribution in [2.24, 2.45) is 0 Å². The highest BCUT2D eigenvalue weighted by molar-refractivity contribution is 5.41. The predicted molar refractivity (Wildman–Crippen MR) is 66.4 cm³/mol. The lowest BCUT2D eigenvalue weighted by Gasteiger charge is -2.31. The van der Waals surface area contributed by atoms with E-state index >= 15 is 0 Å². The number of rotatable bonds is 5. The van der Waals surface area contributed by atoms with Crippen LogP contribution in [0.25, 0.3) is 0 Å². The van der Waals surface area contributed by atoms with Gasteiger partial charge in [0.15, 0.2) is 0 Å². The summed E-state index contributed by atoms with van der Waals surface area (Å²) in [6.45, 7) is 4.14. The first-order valence-corrected chi connectivity index (χ1v) is 5.31. The van der Waals surface area contributed by atoms with E-state index in [9.17, 15) is 10.1 Å². The van der Waals surface area contributed by atoms with Crippen LogP contribution in [0.2, 0.25) is 0 Å². The molecule has 100 valence electrons. The fourth-order valence-corrected chi connectivity index (χ4v) is 0.978. The zero-order chi connectivity index (χ0) is 13.9. The summed E-state index contributed by atoms with van der Waals surface area (Å²) in [4.78, 5) is 19.4. The summed E-state index contributed by atoms with van der Waals surface area (Å²) in [5, 5.41) is 10.8. The molecule has 0 bridgehead atoms. The molecule has 8 nitrogen and oxygen atoms in total. The molecule has 1 aromatic heterocycles. The zero-order valence-electron chi connectivity index (χ0n) is 10.9. The number of nitro groups is 1. The number of ether oxygens (including phenoxy) is 1. The van der Waals surface area contributed by atoms with E-state index in [0.717, 1.165) is 6.20 Å². The molecule has 0 aliphatic carbocycles. The summed E-state index contributed by atoms with van der Waals surface area (Å²) in [7, 11) is 3.79. The summed E-state index contributed by atoms with van der Waals surface area (Å²) in [6, 6.07) is 0. The lowest BCUT2D eigenvalue weighted by molar-refractivity contribution is -0.386. The van der Waals surface area contributed by atoms with Gasteiger partial charge in [0.1, 0.15) is 12.8 Å². The van der Waals surface area contributed by atoms with E-state index in [1.807, 2.05) is 32.8 Å². The Morgan fingerprint density at radius 3 is 2.67 bits per heavy atom. The molecule has 1 heterocycles. The van der Waals surface area contributed by atoms with Gasteiger partial charge in [0.2, 0.25) is 5.95 Å². The number of hydrogen-bond acceptors (Lipinski definition) is 7. The van der Waals surface area contributed by atoms with Gasteiger partial charge in [-0.2, -0.15) is 4.98 Å². The third kappa shape index (κ3) is 3.27. The van der Waals surface area contributed by atoms with Crippen molar-refractivity contribution in [1.29, 1.82) is 0 Å². The van der Waals surface area contributed by atoms with Crippen molar-refractivity contribution in [3.05, 3.63) is 16.3 Å². The van der Waals surface area contributed by atoms with E-state index in [4.69, 9.17) is 10.5 Å². The van der Waals surface area contributed by atoms with Crippen LogP contribution in [0.1, 0.15) is 13.8 Å². The Morgan fingerprint density at radius 2 is 2.17 bits per heavy atom. The van der Waals surface area contributed by atoms with Gasteiger partial charge in [-0.05, 0) is 27.9 Å². The molecule has 0 amide bonds. The van der Waals surface area contributed by atoms with Gasteiger partial charge < -0.3 is 15.4 Å². The van der Waals surface area contributed by atoms with Crippen molar-refractivity contribution in [2.75, 3.05) is 26.4 Å². The minimum absolute atomic E-state index is 0.0572. The number of nitrogens with two attached hydrogens (primary N) is 1. The van der Waals surface area contributed by atoms with Crippen LogP contribution in [0, 0.1) is 10.1 Å². The molecule has 0 spiro atoms. The van der Waals surface area contributed by atoms with E-state index in [-0.39, 0.29) is 29.7 Å². The van der Waals surface area contributed by atoms with Gasteiger partial charge >= 0.3 is 5.69 Å². The monoisotopic (exact) mass is 255 g/mol. The van der Waals surface area contributed by atoms with Gasteiger partial charge in [0.25, 0.3) is 5.88 Å². The molecular formula is C10H17N5O3. The molecule has 18 heavy (non-hydrogen) atoms. The fraction of sp³-hybridized carbons (Fsp3) is 0.600. The van der Waals surface area contributed by atoms with E-state index in [1.165, 1.54) is 0 Å². The number of anilines is 1. The Bertz CT molecular complexity index is 447. The maximum atomic E-state index is 10.8. The van der Waals surface area contributed by atoms with E-state index in [2.05, 4.69) is 9.97 Å². The van der Waals surface area contributed by atoms with Gasteiger partial charge in [0.05, 0.1) is 4.92 Å².